The van der Waals surface area contributed by atoms with Gasteiger partial charge in [0.25, 0.3) is 0 Å². The van der Waals surface area contributed by atoms with Crippen molar-refractivity contribution in [3.63, 3.8) is 0 Å². The first-order valence-electron chi connectivity index (χ1n) is 4.87. The summed E-state index contributed by atoms with van der Waals surface area (Å²) < 4.78 is 40.3. The van der Waals surface area contributed by atoms with Crippen molar-refractivity contribution in [1.82, 2.24) is 0 Å². The highest BCUT2D eigenvalue weighted by Gasteiger charge is 2.32. The van der Waals surface area contributed by atoms with E-state index in [4.69, 9.17) is 0 Å². The summed E-state index contributed by atoms with van der Waals surface area (Å²) in [6.07, 6.45) is -4.54. The molecule has 18 heavy (non-hydrogen) atoms. The van der Waals surface area contributed by atoms with E-state index >= 15 is 0 Å². The van der Waals surface area contributed by atoms with Gasteiger partial charge in [-0.15, -0.1) is 13.2 Å². The first-order valence-corrected chi connectivity index (χ1v) is 7.11. The summed E-state index contributed by atoms with van der Waals surface area (Å²) in [6.45, 7) is 0. The van der Waals surface area contributed by atoms with Gasteiger partial charge in [0.2, 0.25) is 0 Å². The lowest BCUT2D eigenvalue weighted by Crippen LogP contribution is -2.18. The van der Waals surface area contributed by atoms with Crippen LogP contribution in [-0.2, 0) is 16.5 Å². The molecule has 1 aromatic carbocycles. The van der Waals surface area contributed by atoms with Crippen molar-refractivity contribution in [3.05, 3.63) is 29.3 Å². The average molecular weight is 390 g/mol. The third kappa shape index (κ3) is 4.97. The Bertz CT molecular complexity index is 433. The van der Waals surface area contributed by atoms with Crippen molar-refractivity contribution < 1.29 is 22.7 Å². The van der Waals surface area contributed by atoms with E-state index < -0.39 is 6.36 Å². The van der Waals surface area contributed by atoms with Crippen molar-refractivity contribution in [2.24, 2.45) is 0 Å². The van der Waals surface area contributed by atoms with Crippen LogP contribution in [0.3, 0.4) is 0 Å². The molecule has 0 bridgehead atoms. The quantitative estimate of drug-likeness (QED) is 0.712. The summed E-state index contributed by atoms with van der Waals surface area (Å²) in [5.41, 5.74) is 1.01. The molecular weight excluding hydrogens is 381 g/mol. The number of alkyl halides is 5. The second kappa shape index (κ2) is 6.56. The molecule has 0 amide bonds. The maximum Gasteiger partial charge on any atom is 0.573 e. The molecule has 1 rings (SSSR count). The Morgan fingerprint density at radius 3 is 2.44 bits per heavy atom. The van der Waals surface area contributed by atoms with Crippen molar-refractivity contribution >= 4 is 37.6 Å². The third-order valence-electron chi connectivity index (χ3n) is 2.04. The fourth-order valence-electron chi connectivity index (χ4n) is 1.35. The van der Waals surface area contributed by atoms with Crippen LogP contribution in [0.4, 0.5) is 13.2 Å². The summed E-state index contributed by atoms with van der Waals surface area (Å²) in [7, 11) is 0. The summed E-state index contributed by atoms with van der Waals surface area (Å²) >= 11 is 6.12. The fraction of sp³-hybridized carbons (Fsp3) is 0.364. The zero-order valence-electron chi connectivity index (χ0n) is 9.06. The fourth-order valence-corrected chi connectivity index (χ4v) is 1.98. The van der Waals surface area contributed by atoms with Gasteiger partial charge in [-0.3, -0.25) is 4.79 Å². The predicted octanol–water partition coefficient (Wildman–Crippen LogP) is 3.99. The van der Waals surface area contributed by atoms with Gasteiger partial charge >= 0.3 is 6.36 Å². The lowest BCUT2D eigenvalue weighted by Gasteiger charge is -2.13. The lowest BCUT2D eigenvalue weighted by molar-refractivity contribution is -0.274. The average Bonchev–Trinajstić information content (AvgIpc) is 2.29. The Balaban J connectivity index is 2.93. The molecule has 0 aliphatic heterocycles. The minimum atomic E-state index is -4.72. The van der Waals surface area contributed by atoms with Crippen LogP contribution in [-0.4, -0.2) is 17.5 Å². The second-order valence-electron chi connectivity index (χ2n) is 3.47. The van der Waals surface area contributed by atoms with Crippen molar-refractivity contribution in [3.8, 4) is 5.75 Å². The number of rotatable bonds is 5. The standard InChI is InChI=1S/C11H9Br2F3O2/c12-5-8-3-7(4-9(17)6-13)1-2-10(8)18-11(14,15)16/h1-3H,4-6H2. The monoisotopic (exact) mass is 388 g/mol. The molecule has 0 heterocycles. The number of hydrogen-bond acceptors (Lipinski definition) is 2. The molecule has 0 spiro atoms. The van der Waals surface area contributed by atoms with Crippen LogP contribution in [0.1, 0.15) is 11.1 Å². The number of carbonyl (C=O) groups is 1. The first kappa shape index (κ1) is 15.5. The Labute approximate surface area is 119 Å². The van der Waals surface area contributed by atoms with Gasteiger partial charge in [-0.25, -0.2) is 0 Å². The molecule has 0 unspecified atom stereocenters. The summed E-state index contributed by atoms with van der Waals surface area (Å²) in [4.78, 5) is 11.2. The zero-order chi connectivity index (χ0) is 13.8. The number of halogens is 5. The topological polar surface area (TPSA) is 26.3 Å². The van der Waals surface area contributed by atoms with E-state index in [1.165, 1.54) is 18.2 Å². The van der Waals surface area contributed by atoms with Gasteiger partial charge in [-0.1, -0.05) is 44.0 Å². The molecule has 0 aromatic heterocycles. The Hall–Kier alpha value is -0.560. The molecule has 0 fully saturated rings. The molecule has 0 saturated heterocycles. The maximum absolute atomic E-state index is 12.1. The highest BCUT2D eigenvalue weighted by Crippen LogP contribution is 2.28. The molecule has 7 heteroatoms. The molecule has 0 radical (unpaired) electrons. The van der Waals surface area contributed by atoms with Crippen molar-refractivity contribution in [1.29, 1.82) is 0 Å². The predicted molar refractivity (Wildman–Crippen MR) is 68.3 cm³/mol. The number of hydrogen-bond donors (Lipinski definition) is 0. The highest BCUT2D eigenvalue weighted by atomic mass is 79.9. The number of Topliss-reactive ketones (excluding diaryl/α,β-unsaturated/α-hetero) is 1. The van der Waals surface area contributed by atoms with Gasteiger partial charge in [0, 0.05) is 17.3 Å². The van der Waals surface area contributed by atoms with Gasteiger partial charge in [0.1, 0.15) is 11.5 Å². The minimum Gasteiger partial charge on any atom is -0.405 e. The largest absolute Gasteiger partial charge is 0.573 e. The normalized spacial score (nSPS) is 11.4. The summed E-state index contributed by atoms with van der Waals surface area (Å²) in [5.74, 6) is -0.297. The number of carbonyl (C=O) groups excluding carboxylic acids is 1. The number of benzene rings is 1. The zero-order valence-corrected chi connectivity index (χ0v) is 12.2. The van der Waals surface area contributed by atoms with Crippen LogP contribution in [0.25, 0.3) is 0 Å². The first-order chi connectivity index (χ1) is 8.35. The van der Waals surface area contributed by atoms with Crippen molar-refractivity contribution in [2.45, 2.75) is 18.1 Å². The Morgan fingerprint density at radius 2 is 1.94 bits per heavy atom. The molecule has 0 atom stereocenters. The Morgan fingerprint density at radius 1 is 1.28 bits per heavy atom. The van der Waals surface area contributed by atoms with Crippen LogP contribution < -0.4 is 4.74 Å². The van der Waals surface area contributed by atoms with E-state index in [9.17, 15) is 18.0 Å². The Kier molecular flexibility index (Phi) is 5.65. The molecule has 100 valence electrons. The van der Waals surface area contributed by atoms with Crippen LogP contribution in [0, 0.1) is 0 Å². The van der Waals surface area contributed by atoms with E-state index in [-0.39, 0.29) is 28.6 Å². The van der Waals surface area contributed by atoms with E-state index in [1.807, 2.05) is 0 Å². The molecule has 1 aromatic rings. The molecule has 2 nitrogen and oxygen atoms in total. The van der Waals surface area contributed by atoms with Gasteiger partial charge in [0.15, 0.2) is 0 Å². The van der Waals surface area contributed by atoms with E-state index in [0.29, 0.717) is 11.1 Å². The molecule has 0 saturated carbocycles. The molecule has 0 N–H and O–H groups in total. The summed E-state index contributed by atoms with van der Waals surface area (Å²) in [6, 6.07) is 4.20. The van der Waals surface area contributed by atoms with Gasteiger partial charge in [-0.2, -0.15) is 0 Å². The van der Waals surface area contributed by atoms with Crippen LogP contribution in [0.2, 0.25) is 0 Å². The van der Waals surface area contributed by atoms with Gasteiger partial charge in [0.05, 0.1) is 5.33 Å². The van der Waals surface area contributed by atoms with E-state index in [0.717, 1.165) is 0 Å². The molecule has 0 aliphatic rings. The van der Waals surface area contributed by atoms with E-state index in [2.05, 4.69) is 36.6 Å². The summed E-state index contributed by atoms with van der Waals surface area (Å²) in [5, 5.41) is 0.437. The maximum atomic E-state index is 12.1. The van der Waals surface area contributed by atoms with E-state index in [1.54, 1.807) is 0 Å². The van der Waals surface area contributed by atoms with Gasteiger partial charge < -0.3 is 4.74 Å². The smallest absolute Gasteiger partial charge is 0.405 e. The second-order valence-corrected chi connectivity index (χ2v) is 4.59. The number of ether oxygens (including phenoxy) is 1. The lowest BCUT2D eigenvalue weighted by atomic mass is 10.1. The molecular formula is C11H9Br2F3O2. The van der Waals surface area contributed by atoms with Crippen LogP contribution >= 0.6 is 31.9 Å². The molecule has 0 aliphatic carbocycles. The SMILES string of the molecule is O=C(CBr)Cc1ccc(OC(F)(F)F)c(CBr)c1. The van der Waals surface area contributed by atoms with Crippen molar-refractivity contribution in [2.75, 3.05) is 5.33 Å². The van der Waals surface area contributed by atoms with Crippen LogP contribution in [0.5, 0.6) is 5.75 Å². The number of ketones is 1. The van der Waals surface area contributed by atoms with Crippen LogP contribution in [0.15, 0.2) is 18.2 Å². The minimum absolute atomic E-state index is 0.0417. The highest BCUT2D eigenvalue weighted by molar-refractivity contribution is 9.09. The van der Waals surface area contributed by atoms with Gasteiger partial charge in [-0.05, 0) is 11.6 Å². The third-order valence-corrected chi connectivity index (χ3v) is 3.27.